The monoisotopic (exact) mass is 264 g/mol. The molecule has 1 rings (SSSR count). The lowest BCUT2D eigenvalue weighted by molar-refractivity contribution is -0.140. The number of methoxy groups -OCH3 is 1. The van der Waals surface area contributed by atoms with Crippen LogP contribution in [0.4, 0.5) is 0 Å². The first-order chi connectivity index (χ1) is 9.11. The molecule has 0 heterocycles. The van der Waals surface area contributed by atoms with Gasteiger partial charge in [-0.15, -0.1) is 0 Å². The van der Waals surface area contributed by atoms with Gasteiger partial charge in [0.15, 0.2) is 0 Å². The third-order valence-electron chi connectivity index (χ3n) is 2.74. The van der Waals surface area contributed by atoms with E-state index in [4.69, 9.17) is 4.74 Å². The summed E-state index contributed by atoms with van der Waals surface area (Å²) < 4.78 is 9.72. The molecule has 0 amide bonds. The number of carbonyl (C=O) groups excluding carboxylic acids is 2. The van der Waals surface area contributed by atoms with Crippen LogP contribution in [0.2, 0.25) is 0 Å². The summed E-state index contributed by atoms with van der Waals surface area (Å²) in [6, 6.07) is 7.37. The summed E-state index contributed by atoms with van der Waals surface area (Å²) in [4.78, 5) is 22.4. The van der Waals surface area contributed by atoms with Crippen LogP contribution in [0.3, 0.4) is 0 Å². The minimum absolute atomic E-state index is 0.206. The Hall–Kier alpha value is -1.84. The summed E-state index contributed by atoms with van der Waals surface area (Å²) in [6.45, 7) is 1.98. The Morgan fingerprint density at radius 3 is 2.11 bits per heavy atom. The lowest BCUT2D eigenvalue weighted by Gasteiger charge is -2.04. The Morgan fingerprint density at radius 1 is 0.947 bits per heavy atom. The Labute approximate surface area is 113 Å². The smallest absolute Gasteiger partial charge is 0.311 e. The van der Waals surface area contributed by atoms with Crippen molar-refractivity contribution in [2.75, 3.05) is 7.11 Å². The van der Waals surface area contributed by atoms with Crippen LogP contribution in [-0.2, 0) is 14.3 Å². The number of esters is 2. The van der Waals surface area contributed by atoms with Crippen LogP contribution in [0.15, 0.2) is 24.3 Å². The zero-order valence-electron chi connectivity index (χ0n) is 11.5. The molecule has 0 N–H and O–H groups in total. The number of benzene rings is 1. The Kier molecular flexibility index (Phi) is 6.64. The predicted molar refractivity (Wildman–Crippen MR) is 71.9 cm³/mol. The van der Waals surface area contributed by atoms with Crippen LogP contribution in [0.25, 0.3) is 0 Å². The van der Waals surface area contributed by atoms with Crippen LogP contribution in [0, 0.1) is 6.92 Å². The first kappa shape index (κ1) is 15.2. The van der Waals surface area contributed by atoms with Gasteiger partial charge in [0.25, 0.3) is 0 Å². The fourth-order valence-corrected chi connectivity index (χ4v) is 1.61. The SMILES string of the molecule is COC(=O)CCCCCC(=O)Oc1ccc(C)cc1. The molecule has 1 aromatic rings. The van der Waals surface area contributed by atoms with Gasteiger partial charge in [0.05, 0.1) is 7.11 Å². The van der Waals surface area contributed by atoms with Gasteiger partial charge in [-0.3, -0.25) is 9.59 Å². The first-order valence-corrected chi connectivity index (χ1v) is 6.46. The number of ether oxygens (including phenoxy) is 2. The molecule has 1 aromatic carbocycles. The number of aryl methyl sites for hydroxylation is 1. The van der Waals surface area contributed by atoms with E-state index in [-0.39, 0.29) is 11.9 Å². The molecule has 104 valence electrons. The molecule has 4 heteroatoms. The van der Waals surface area contributed by atoms with Crippen molar-refractivity contribution >= 4 is 11.9 Å². The van der Waals surface area contributed by atoms with Gasteiger partial charge in [-0.1, -0.05) is 24.1 Å². The van der Waals surface area contributed by atoms with Gasteiger partial charge in [-0.05, 0) is 31.9 Å². The predicted octanol–water partition coefficient (Wildman–Crippen LogP) is 3.02. The van der Waals surface area contributed by atoms with E-state index in [2.05, 4.69) is 4.74 Å². The van der Waals surface area contributed by atoms with Gasteiger partial charge in [0, 0.05) is 12.8 Å². The summed E-state index contributed by atoms with van der Waals surface area (Å²) >= 11 is 0. The van der Waals surface area contributed by atoms with Crippen molar-refractivity contribution in [3.8, 4) is 5.75 Å². The van der Waals surface area contributed by atoms with Gasteiger partial charge < -0.3 is 9.47 Å². The molecule has 0 saturated heterocycles. The lowest BCUT2D eigenvalue weighted by Crippen LogP contribution is -2.07. The molecule has 0 aliphatic heterocycles. The number of rotatable bonds is 7. The van der Waals surface area contributed by atoms with Crippen LogP contribution >= 0.6 is 0 Å². The van der Waals surface area contributed by atoms with Crippen molar-refractivity contribution in [1.82, 2.24) is 0 Å². The van der Waals surface area contributed by atoms with Crippen LogP contribution in [0.5, 0.6) is 5.75 Å². The molecule has 19 heavy (non-hydrogen) atoms. The molecular formula is C15H20O4. The quantitative estimate of drug-likeness (QED) is 0.431. The van der Waals surface area contributed by atoms with Gasteiger partial charge in [0.2, 0.25) is 0 Å². The maximum atomic E-state index is 11.5. The second-order valence-corrected chi connectivity index (χ2v) is 4.42. The van der Waals surface area contributed by atoms with E-state index >= 15 is 0 Å². The van der Waals surface area contributed by atoms with Crippen LogP contribution in [-0.4, -0.2) is 19.0 Å². The van der Waals surface area contributed by atoms with Crippen molar-refractivity contribution in [2.24, 2.45) is 0 Å². The molecule has 0 aliphatic rings. The van der Waals surface area contributed by atoms with E-state index in [1.54, 1.807) is 12.1 Å². The average Bonchev–Trinajstić information content (AvgIpc) is 2.40. The first-order valence-electron chi connectivity index (χ1n) is 6.46. The highest BCUT2D eigenvalue weighted by atomic mass is 16.5. The molecule has 0 unspecified atom stereocenters. The second-order valence-electron chi connectivity index (χ2n) is 4.42. The average molecular weight is 264 g/mol. The molecule has 0 spiro atoms. The minimum Gasteiger partial charge on any atom is -0.469 e. The molecule has 0 aromatic heterocycles. The number of hydrogen-bond donors (Lipinski definition) is 0. The van der Waals surface area contributed by atoms with Crippen molar-refractivity contribution in [3.63, 3.8) is 0 Å². The van der Waals surface area contributed by atoms with E-state index in [0.717, 1.165) is 24.8 Å². The fourth-order valence-electron chi connectivity index (χ4n) is 1.61. The fraction of sp³-hybridized carbons (Fsp3) is 0.467. The van der Waals surface area contributed by atoms with E-state index in [9.17, 15) is 9.59 Å². The van der Waals surface area contributed by atoms with Crippen molar-refractivity contribution in [2.45, 2.75) is 39.0 Å². The zero-order chi connectivity index (χ0) is 14.1. The topological polar surface area (TPSA) is 52.6 Å². The summed E-state index contributed by atoms with van der Waals surface area (Å²) in [6.07, 6.45) is 3.06. The maximum absolute atomic E-state index is 11.5. The molecule has 0 fully saturated rings. The van der Waals surface area contributed by atoms with Crippen molar-refractivity contribution in [3.05, 3.63) is 29.8 Å². The van der Waals surface area contributed by atoms with Gasteiger partial charge in [-0.2, -0.15) is 0 Å². The Bertz CT molecular complexity index is 409. The van der Waals surface area contributed by atoms with Gasteiger partial charge in [-0.25, -0.2) is 0 Å². The van der Waals surface area contributed by atoms with Crippen LogP contribution < -0.4 is 4.74 Å². The van der Waals surface area contributed by atoms with E-state index in [0.29, 0.717) is 18.6 Å². The van der Waals surface area contributed by atoms with Crippen LogP contribution in [0.1, 0.15) is 37.7 Å². The third kappa shape index (κ3) is 6.60. The van der Waals surface area contributed by atoms with Crippen molar-refractivity contribution in [1.29, 1.82) is 0 Å². The molecular weight excluding hydrogens is 244 g/mol. The standard InChI is InChI=1S/C15H20O4/c1-12-8-10-13(11-9-12)19-15(17)7-5-3-4-6-14(16)18-2/h8-11H,3-7H2,1-2H3. The molecule has 0 radical (unpaired) electrons. The highest BCUT2D eigenvalue weighted by Crippen LogP contribution is 2.13. The Balaban J connectivity index is 2.14. The molecule has 0 bridgehead atoms. The molecule has 0 saturated carbocycles. The number of carbonyl (C=O) groups is 2. The summed E-state index contributed by atoms with van der Waals surface area (Å²) in [7, 11) is 1.38. The Morgan fingerprint density at radius 2 is 1.53 bits per heavy atom. The third-order valence-corrected chi connectivity index (χ3v) is 2.74. The van der Waals surface area contributed by atoms with E-state index in [1.807, 2.05) is 19.1 Å². The summed E-state index contributed by atoms with van der Waals surface area (Å²) in [5.41, 5.74) is 1.13. The second kappa shape index (κ2) is 8.29. The van der Waals surface area contributed by atoms with Gasteiger partial charge >= 0.3 is 11.9 Å². The van der Waals surface area contributed by atoms with Gasteiger partial charge in [0.1, 0.15) is 5.75 Å². The highest BCUT2D eigenvalue weighted by molar-refractivity contribution is 5.72. The molecule has 0 aliphatic carbocycles. The largest absolute Gasteiger partial charge is 0.469 e. The van der Waals surface area contributed by atoms with E-state index < -0.39 is 0 Å². The zero-order valence-corrected chi connectivity index (χ0v) is 11.5. The highest BCUT2D eigenvalue weighted by Gasteiger charge is 2.05. The molecule has 4 nitrogen and oxygen atoms in total. The lowest BCUT2D eigenvalue weighted by atomic mass is 10.1. The maximum Gasteiger partial charge on any atom is 0.311 e. The number of unbranched alkanes of at least 4 members (excludes halogenated alkanes) is 2. The normalized spacial score (nSPS) is 10.0. The van der Waals surface area contributed by atoms with Crippen molar-refractivity contribution < 1.29 is 19.1 Å². The number of hydrogen-bond acceptors (Lipinski definition) is 4. The van der Waals surface area contributed by atoms with E-state index in [1.165, 1.54) is 7.11 Å². The summed E-state index contributed by atoms with van der Waals surface area (Å²) in [5.74, 6) is 0.134. The minimum atomic E-state index is -0.234. The summed E-state index contributed by atoms with van der Waals surface area (Å²) in [5, 5.41) is 0. The molecule has 0 atom stereocenters.